The van der Waals surface area contributed by atoms with Gasteiger partial charge in [0.25, 0.3) is 0 Å². The van der Waals surface area contributed by atoms with Crippen LogP contribution >= 0.6 is 15.9 Å². The highest BCUT2D eigenvalue weighted by molar-refractivity contribution is 9.10. The molecule has 0 spiro atoms. The minimum atomic E-state index is -0.0277. The van der Waals surface area contributed by atoms with E-state index >= 15 is 0 Å². The first-order valence-electron chi connectivity index (χ1n) is 9.52. The molecular weight excluding hydrogens is 456 g/mol. The van der Waals surface area contributed by atoms with Crippen LogP contribution in [-0.2, 0) is 0 Å². The Morgan fingerprint density at radius 2 is 1.52 bits per heavy atom. The third kappa shape index (κ3) is 4.73. The molecule has 0 radical (unpaired) electrons. The zero-order valence-electron chi connectivity index (χ0n) is 16.6. The average Bonchev–Trinajstić information content (AvgIpc) is 2.80. The molecule has 31 heavy (non-hydrogen) atoms. The van der Waals surface area contributed by atoms with Gasteiger partial charge in [-0.2, -0.15) is 5.10 Å². The number of rotatable bonds is 5. The van der Waals surface area contributed by atoms with Gasteiger partial charge in [-0.3, -0.25) is 0 Å². The Hall–Kier alpha value is -3.71. The Kier molecular flexibility index (Phi) is 5.95. The van der Waals surface area contributed by atoms with Crippen molar-refractivity contribution in [3.05, 3.63) is 88.4 Å². The zero-order valence-corrected chi connectivity index (χ0v) is 18.2. The van der Waals surface area contributed by atoms with E-state index < -0.39 is 0 Å². The highest BCUT2D eigenvalue weighted by atomic mass is 79.9. The quantitative estimate of drug-likeness (QED) is 0.253. The summed E-state index contributed by atoms with van der Waals surface area (Å²) in [6.07, 6.45) is 1.46. The number of phenols is 2. The summed E-state index contributed by atoms with van der Waals surface area (Å²) >= 11 is 3.46. The van der Waals surface area contributed by atoms with Crippen LogP contribution in [0.5, 0.6) is 11.5 Å². The Morgan fingerprint density at radius 1 is 0.871 bits per heavy atom. The lowest BCUT2D eigenvalue weighted by atomic mass is 10.1. The molecule has 0 saturated carbocycles. The monoisotopic (exact) mass is 474 g/mol. The number of halogens is 1. The topological polar surface area (TPSA) is 90.6 Å². The minimum Gasteiger partial charge on any atom is -0.508 e. The van der Waals surface area contributed by atoms with Gasteiger partial charge in [0.1, 0.15) is 11.5 Å². The van der Waals surface area contributed by atoms with E-state index in [0.29, 0.717) is 17.1 Å². The second kappa shape index (κ2) is 8.97. The molecule has 0 aliphatic rings. The van der Waals surface area contributed by atoms with Crippen molar-refractivity contribution in [2.24, 2.45) is 5.10 Å². The van der Waals surface area contributed by atoms with Crippen molar-refractivity contribution < 1.29 is 10.2 Å². The number of aromatic hydroxyl groups is 2. The molecule has 1 heterocycles. The predicted octanol–water partition coefficient (Wildman–Crippen LogP) is 5.74. The Morgan fingerprint density at radius 3 is 2.19 bits per heavy atom. The largest absolute Gasteiger partial charge is 0.508 e. The molecule has 154 valence electrons. The molecule has 0 aliphatic carbocycles. The summed E-state index contributed by atoms with van der Waals surface area (Å²) in [4.78, 5) is 9.17. The highest BCUT2D eigenvalue weighted by Gasteiger charge is 2.09. The Balaban J connectivity index is 1.69. The van der Waals surface area contributed by atoms with E-state index in [1.54, 1.807) is 13.0 Å². The fourth-order valence-corrected chi connectivity index (χ4v) is 3.26. The van der Waals surface area contributed by atoms with Crippen LogP contribution in [0.4, 0.5) is 5.95 Å². The number of nitrogens with one attached hydrogen (secondary N) is 1. The first kappa shape index (κ1) is 20.6. The molecule has 4 rings (SSSR count). The second-order valence-corrected chi connectivity index (χ2v) is 7.77. The maximum Gasteiger partial charge on any atom is 0.244 e. The molecule has 0 unspecified atom stereocenters. The zero-order chi connectivity index (χ0) is 21.8. The molecule has 3 N–H and O–H groups in total. The molecule has 0 saturated heterocycles. The standard InChI is InChI=1S/C24H19BrN4O2/c1-15-22(30)12-9-18(23(15)31)14-26-29-24-27-20(16-5-3-2-4-6-16)13-21(28-24)17-7-10-19(25)11-8-17/h2-14,30-31H,1H3,(H,27,28,29). The molecule has 0 amide bonds. The number of hydrogen-bond acceptors (Lipinski definition) is 6. The highest BCUT2D eigenvalue weighted by Crippen LogP contribution is 2.29. The number of benzene rings is 3. The Bertz CT molecular complexity index is 1240. The van der Waals surface area contributed by atoms with Crippen molar-refractivity contribution in [3.63, 3.8) is 0 Å². The van der Waals surface area contributed by atoms with E-state index in [0.717, 1.165) is 27.0 Å². The third-order valence-electron chi connectivity index (χ3n) is 4.74. The molecule has 0 aliphatic heterocycles. The first-order chi connectivity index (χ1) is 15.0. The van der Waals surface area contributed by atoms with E-state index in [-0.39, 0.29) is 11.5 Å². The van der Waals surface area contributed by atoms with E-state index in [9.17, 15) is 10.2 Å². The smallest absolute Gasteiger partial charge is 0.244 e. The van der Waals surface area contributed by atoms with Crippen molar-refractivity contribution in [1.29, 1.82) is 0 Å². The van der Waals surface area contributed by atoms with Gasteiger partial charge in [0.15, 0.2) is 0 Å². The second-order valence-electron chi connectivity index (χ2n) is 6.85. The molecule has 0 atom stereocenters. The molecule has 4 aromatic rings. The summed E-state index contributed by atoms with van der Waals surface area (Å²) in [7, 11) is 0. The summed E-state index contributed by atoms with van der Waals surface area (Å²) in [5.74, 6) is 0.325. The molecule has 1 aromatic heterocycles. The number of anilines is 1. The van der Waals surface area contributed by atoms with Crippen molar-refractivity contribution in [3.8, 4) is 34.0 Å². The van der Waals surface area contributed by atoms with Gasteiger partial charge in [-0.25, -0.2) is 15.4 Å². The number of aromatic nitrogens is 2. The van der Waals surface area contributed by atoms with Crippen LogP contribution in [0.2, 0.25) is 0 Å². The summed E-state index contributed by atoms with van der Waals surface area (Å²) in [5.41, 5.74) is 7.13. The van der Waals surface area contributed by atoms with E-state index in [1.807, 2.05) is 60.7 Å². The summed E-state index contributed by atoms with van der Waals surface area (Å²) in [6, 6.07) is 22.7. The summed E-state index contributed by atoms with van der Waals surface area (Å²) in [6.45, 7) is 1.63. The number of hydrogen-bond donors (Lipinski definition) is 3. The van der Waals surface area contributed by atoms with Gasteiger partial charge in [0.05, 0.1) is 17.6 Å². The van der Waals surface area contributed by atoms with Crippen LogP contribution in [0.3, 0.4) is 0 Å². The van der Waals surface area contributed by atoms with Crippen molar-refractivity contribution >= 4 is 28.1 Å². The lowest BCUT2D eigenvalue weighted by molar-refractivity contribution is 0.442. The van der Waals surface area contributed by atoms with Crippen molar-refractivity contribution in [2.45, 2.75) is 6.92 Å². The van der Waals surface area contributed by atoms with E-state index in [2.05, 4.69) is 36.4 Å². The van der Waals surface area contributed by atoms with Gasteiger partial charge in [-0.05, 0) is 37.3 Å². The van der Waals surface area contributed by atoms with Crippen LogP contribution in [-0.4, -0.2) is 26.4 Å². The van der Waals surface area contributed by atoms with Gasteiger partial charge in [0.2, 0.25) is 5.95 Å². The summed E-state index contributed by atoms with van der Waals surface area (Å²) in [5, 5.41) is 24.0. The van der Waals surface area contributed by atoms with Crippen LogP contribution in [0, 0.1) is 6.92 Å². The van der Waals surface area contributed by atoms with Crippen LogP contribution in [0.1, 0.15) is 11.1 Å². The minimum absolute atomic E-state index is 0.0277. The van der Waals surface area contributed by atoms with Gasteiger partial charge in [0, 0.05) is 26.7 Å². The third-order valence-corrected chi connectivity index (χ3v) is 5.27. The van der Waals surface area contributed by atoms with Crippen molar-refractivity contribution in [1.82, 2.24) is 9.97 Å². The number of nitrogens with zero attached hydrogens (tertiary/aromatic N) is 3. The molecular formula is C24H19BrN4O2. The van der Waals surface area contributed by atoms with E-state index in [4.69, 9.17) is 0 Å². The fraction of sp³-hybridized carbons (Fsp3) is 0.0417. The fourth-order valence-electron chi connectivity index (χ4n) is 3.00. The number of phenolic OH excluding ortho intramolecular Hbond substituents is 2. The molecule has 7 heteroatoms. The lowest BCUT2D eigenvalue weighted by Crippen LogP contribution is -2.00. The van der Waals surface area contributed by atoms with Crippen LogP contribution < -0.4 is 5.43 Å². The molecule has 0 fully saturated rings. The first-order valence-corrected chi connectivity index (χ1v) is 10.3. The normalized spacial score (nSPS) is 11.0. The lowest BCUT2D eigenvalue weighted by Gasteiger charge is -2.09. The molecule has 3 aromatic carbocycles. The maximum absolute atomic E-state index is 10.2. The molecule has 6 nitrogen and oxygen atoms in total. The SMILES string of the molecule is Cc1c(O)ccc(C=NNc2nc(-c3ccccc3)cc(-c3ccc(Br)cc3)n2)c1O. The van der Waals surface area contributed by atoms with Crippen LogP contribution in [0.25, 0.3) is 22.5 Å². The predicted molar refractivity (Wildman–Crippen MR) is 126 cm³/mol. The Labute approximate surface area is 188 Å². The van der Waals surface area contributed by atoms with Gasteiger partial charge in [-0.15, -0.1) is 0 Å². The van der Waals surface area contributed by atoms with Gasteiger partial charge < -0.3 is 10.2 Å². The van der Waals surface area contributed by atoms with Crippen LogP contribution in [0.15, 0.2) is 82.4 Å². The summed E-state index contributed by atoms with van der Waals surface area (Å²) < 4.78 is 0.987. The number of hydrazone groups is 1. The van der Waals surface area contributed by atoms with E-state index in [1.165, 1.54) is 12.3 Å². The maximum atomic E-state index is 10.2. The molecule has 0 bridgehead atoms. The average molecular weight is 475 g/mol. The van der Waals surface area contributed by atoms with Gasteiger partial charge >= 0.3 is 0 Å². The van der Waals surface area contributed by atoms with Gasteiger partial charge in [-0.1, -0.05) is 58.4 Å². The van der Waals surface area contributed by atoms with Crippen molar-refractivity contribution in [2.75, 3.05) is 5.43 Å².